The maximum Gasteiger partial charge on any atom is 0.279 e. The standard InChI is InChI=1S/C8H18N4O3S/c9-8(10)2-1-3-11-16(13,14)12-4-6-15-7-5-12/h11H,1-7H2,(H3,9,10). The van der Waals surface area contributed by atoms with Gasteiger partial charge < -0.3 is 10.5 Å². The molecule has 0 amide bonds. The Morgan fingerprint density at radius 1 is 1.44 bits per heavy atom. The van der Waals surface area contributed by atoms with E-state index in [1.165, 1.54) is 4.31 Å². The molecule has 0 radical (unpaired) electrons. The SMILES string of the molecule is N=C(N)CCCNS(=O)(=O)N1CCOCC1. The lowest BCUT2D eigenvalue weighted by molar-refractivity contribution is 0.0725. The first-order valence-corrected chi connectivity index (χ1v) is 6.62. The zero-order valence-electron chi connectivity index (χ0n) is 9.11. The van der Waals surface area contributed by atoms with Gasteiger partial charge in [0.1, 0.15) is 0 Å². The van der Waals surface area contributed by atoms with Crippen molar-refractivity contribution in [1.82, 2.24) is 9.03 Å². The monoisotopic (exact) mass is 250 g/mol. The van der Waals surface area contributed by atoms with Crippen LogP contribution in [0, 0.1) is 5.41 Å². The van der Waals surface area contributed by atoms with Crippen LogP contribution in [0.3, 0.4) is 0 Å². The summed E-state index contributed by atoms with van der Waals surface area (Å²) in [5.74, 6) is 0.0746. The van der Waals surface area contributed by atoms with Gasteiger partial charge in [0.05, 0.1) is 19.0 Å². The van der Waals surface area contributed by atoms with Crippen molar-refractivity contribution in [3.05, 3.63) is 0 Å². The molecule has 94 valence electrons. The minimum absolute atomic E-state index is 0.0746. The molecule has 0 bridgehead atoms. The molecule has 1 fully saturated rings. The number of nitrogens with zero attached hydrogens (tertiary/aromatic N) is 1. The van der Waals surface area contributed by atoms with Crippen LogP contribution >= 0.6 is 0 Å². The van der Waals surface area contributed by atoms with Crippen molar-refractivity contribution in [2.45, 2.75) is 12.8 Å². The van der Waals surface area contributed by atoms with E-state index >= 15 is 0 Å². The number of nitrogens with one attached hydrogen (secondary N) is 2. The number of hydrogen-bond acceptors (Lipinski definition) is 4. The summed E-state index contributed by atoms with van der Waals surface area (Å²) < 4.78 is 32.3. The van der Waals surface area contributed by atoms with Crippen molar-refractivity contribution in [3.63, 3.8) is 0 Å². The molecule has 0 aliphatic carbocycles. The summed E-state index contributed by atoms with van der Waals surface area (Å²) in [5, 5.41) is 7.00. The van der Waals surface area contributed by atoms with Crippen molar-refractivity contribution < 1.29 is 13.2 Å². The predicted molar refractivity (Wildman–Crippen MR) is 60.5 cm³/mol. The fourth-order valence-electron chi connectivity index (χ4n) is 1.36. The van der Waals surface area contributed by atoms with E-state index in [0.717, 1.165) is 0 Å². The molecule has 1 rings (SSSR count). The number of rotatable bonds is 6. The molecule has 4 N–H and O–H groups in total. The third kappa shape index (κ3) is 4.44. The van der Waals surface area contributed by atoms with Gasteiger partial charge in [-0.3, -0.25) is 5.41 Å². The smallest absolute Gasteiger partial charge is 0.279 e. The number of nitrogens with two attached hydrogens (primary N) is 1. The van der Waals surface area contributed by atoms with Crippen LogP contribution in [0.1, 0.15) is 12.8 Å². The summed E-state index contributed by atoms with van der Waals surface area (Å²) in [5.41, 5.74) is 5.16. The third-order valence-electron chi connectivity index (χ3n) is 2.22. The highest BCUT2D eigenvalue weighted by Crippen LogP contribution is 2.02. The molecule has 0 aromatic heterocycles. The Kier molecular flexibility index (Phi) is 5.13. The molecule has 0 aromatic carbocycles. The fourth-order valence-corrected chi connectivity index (χ4v) is 2.57. The molecule has 16 heavy (non-hydrogen) atoms. The van der Waals surface area contributed by atoms with Crippen molar-refractivity contribution in [1.29, 1.82) is 5.41 Å². The second-order valence-corrected chi connectivity index (χ2v) is 5.29. The highest BCUT2D eigenvalue weighted by Gasteiger charge is 2.23. The maximum atomic E-state index is 11.7. The van der Waals surface area contributed by atoms with E-state index in [-0.39, 0.29) is 5.84 Å². The molecular weight excluding hydrogens is 232 g/mol. The summed E-state index contributed by atoms with van der Waals surface area (Å²) in [6.07, 6.45) is 0.949. The molecule has 1 heterocycles. The van der Waals surface area contributed by atoms with Gasteiger partial charge in [-0.25, -0.2) is 4.72 Å². The predicted octanol–water partition coefficient (Wildman–Crippen LogP) is -1.13. The van der Waals surface area contributed by atoms with Crippen LogP contribution in [0.2, 0.25) is 0 Å². The van der Waals surface area contributed by atoms with Gasteiger partial charge in [-0.05, 0) is 6.42 Å². The summed E-state index contributed by atoms with van der Waals surface area (Å²) in [4.78, 5) is 0. The Morgan fingerprint density at radius 3 is 2.62 bits per heavy atom. The van der Waals surface area contributed by atoms with Crippen LogP contribution in [0.4, 0.5) is 0 Å². The molecule has 0 atom stereocenters. The summed E-state index contributed by atoms with van der Waals surface area (Å²) in [6, 6.07) is 0. The van der Waals surface area contributed by atoms with Gasteiger partial charge in [-0.1, -0.05) is 0 Å². The summed E-state index contributed by atoms with van der Waals surface area (Å²) >= 11 is 0. The number of morpholine rings is 1. The van der Waals surface area contributed by atoms with E-state index in [9.17, 15) is 8.42 Å². The first-order valence-electron chi connectivity index (χ1n) is 5.18. The molecule has 0 spiro atoms. The van der Waals surface area contributed by atoms with Gasteiger partial charge in [-0.15, -0.1) is 0 Å². The van der Waals surface area contributed by atoms with E-state index in [4.69, 9.17) is 15.9 Å². The molecule has 0 aromatic rings. The average molecular weight is 250 g/mol. The fraction of sp³-hybridized carbons (Fsp3) is 0.875. The van der Waals surface area contributed by atoms with E-state index in [1.807, 2.05) is 0 Å². The van der Waals surface area contributed by atoms with Crippen molar-refractivity contribution >= 4 is 16.0 Å². The molecule has 0 saturated carbocycles. The van der Waals surface area contributed by atoms with E-state index < -0.39 is 10.2 Å². The Hall–Kier alpha value is -0.700. The molecule has 1 saturated heterocycles. The first-order chi connectivity index (χ1) is 7.52. The zero-order chi connectivity index (χ0) is 12.0. The largest absolute Gasteiger partial charge is 0.388 e. The molecule has 1 aliphatic heterocycles. The molecule has 0 unspecified atom stereocenters. The second kappa shape index (κ2) is 6.14. The molecule has 7 nitrogen and oxygen atoms in total. The Balaban J connectivity index is 2.30. The van der Waals surface area contributed by atoms with Crippen molar-refractivity contribution in [3.8, 4) is 0 Å². The lowest BCUT2D eigenvalue weighted by Crippen LogP contribution is -2.46. The lowest BCUT2D eigenvalue weighted by Gasteiger charge is -2.26. The molecule has 8 heteroatoms. The Morgan fingerprint density at radius 2 is 2.06 bits per heavy atom. The van der Waals surface area contributed by atoms with E-state index in [1.54, 1.807) is 0 Å². The van der Waals surface area contributed by atoms with E-state index in [0.29, 0.717) is 45.7 Å². The zero-order valence-corrected chi connectivity index (χ0v) is 9.92. The quantitative estimate of drug-likeness (QED) is 0.315. The van der Waals surface area contributed by atoms with Crippen molar-refractivity contribution in [2.75, 3.05) is 32.8 Å². The molecular formula is C8H18N4O3S. The number of hydrogen-bond donors (Lipinski definition) is 3. The summed E-state index contributed by atoms with van der Waals surface area (Å²) in [7, 11) is -3.39. The van der Waals surface area contributed by atoms with Crippen LogP contribution in [0.5, 0.6) is 0 Å². The highest BCUT2D eigenvalue weighted by molar-refractivity contribution is 7.87. The molecule has 1 aliphatic rings. The maximum absolute atomic E-state index is 11.7. The van der Waals surface area contributed by atoms with Gasteiger partial charge in [0.15, 0.2) is 0 Å². The minimum atomic E-state index is -3.39. The number of amidine groups is 1. The summed E-state index contributed by atoms with van der Waals surface area (Å²) in [6.45, 7) is 1.96. The van der Waals surface area contributed by atoms with Gasteiger partial charge in [0.25, 0.3) is 10.2 Å². The van der Waals surface area contributed by atoms with Crippen LogP contribution in [0.15, 0.2) is 0 Å². The topological polar surface area (TPSA) is 109 Å². The van der Waals surface area contributed by atoms with Crippen LogP contribution in [-0.2, 0) is 14.9 Å². The second-order valence-electron chi connectivity index (χ2n) is 3.54. The lowest BCUT2D eigenvalue weighted by atomic mass is 10.3. The van der Waals surface area contributed by atoms with Gasteiger partial charge in [-0.2, -0.15) is 12.7 Å². The number of ether oxygens (including phenoxy) is 1. The highest BCUT2D eigenvalue weighted by atomic mass is 32.2. The van der Waals surface area contributed by atoms with Gasteiger partial charge in [0, 0.05) is 26.1 Å². The third-order valence-corrected chi connectivity index (χ3v) is 3.83. The van der Waals surface area contributed by atoms with Crippen LogP contribution in [-0.4, -0.2) is 51.4 Å². The Bertz CT molecular complexity index is 324. The van der Waals surface area contributed by atoms with Crippen LogP contribution in [0.25, 0.3) is 0 Å². The van der Waals surface area contributed by atoms with E-state index in [2.05, 4.69) is 4.72 Å². The normalized spacial score (nSPS) is 18.5. The van der Waals surface area contributed by atoms with Crippen molar-refractivity contribution in [2.24, 2.45) is 5.73 Å². The van der Waals surface area contributed by atoms with Gasteiger partial charge >= 0.3 is 0 Å². The van der Waals surface area contributed by atoms with Crippen LogP contribution < -0.4 is 10.5 Å². The Labute approximate surface area is 95.6 Å². The minimum Gasteiger partial charge on any atom is -0.388 e. The average Bonchev–Trinajstić information content (AvgIpc) is 2.26. The first kappa shape index (κ1) is 13.4. The van der Waals surface area contributed by atoms with Gasteiger partial charge in [0.2, 0.25) is 0 Å².